The first-order chi connectivity index (χ1) is 8.13. The fourth-order valence-electron chi connectivity index (χ4n) is 0.382. The fraction of sp³-hybridized carbons (Fsp3) is 0.308. The molecule has 0 saturated heterocycles. The van der Waals surface area contributed by atoms with E-state index in [1.54, 1.807) is 19.9 Å². The van der Waals surface area contributed by atoms with E-state index in [-0.39, 0.29) is 11.1 Å². The summed E-state index contributed by atoms with van der Waals surface area (Å²) >= 11 is 0. The molecular formula is C13H18O5. The van der Waals surface area contributed by atoms with Crippen LogP contribution in [0, 0.1) is 0 Å². The van der Waals surface area contributed by atoms with Gasteiger partial charge in [0.05, 0.1) is 0 Å². The molecule has 100 valence electrons. The molecule has 0 rings (SSSR count). The van der Waals surface area contributed by atoms with Gasteiger partial charge in [0.2, 0.25) is 0 Å². The summed E-state index contributed by atoms with van der Waals surface area (Å²) in [6.45, 7) is 12.8. The number of aliphatic carboxylic acids is 1. The Hall–Kier alpha value is -2.17. The first-order valence-corrected chi connectivity index (χ1v) is 5.07. The predicted molar refractivity (Wildman–Crippen MR) is 67.8 cm³/mol. The molecule has 0 aromatic rings. The van der Waals surface area contributed by atoms with Crippen molar-refractivity contribution in [2.24, 2.45) is 0 Å². The van der Waals surface area contributed by atoms with E-state index in [0.717, 1.165) is 0 Å². The molecule has 1 N–H and O–H groups in total. The van der Waals surface area contributed by atoms with Crippen molar-refractivity contribution in [1.82, 2.24) is 0 Å². The van der Waals surface area contributed by atoms with Gasteiger partial charge in [-0.05, 0) is 27.7 Å². The maximum Gasteiger partial charge on any atom is 0.340 e. The van der Waals surface area contributed by atoms with E-state index in [4.69, 9.17) is 5.11 Å². The van der Waals surface area contributed by atoms with Crippen molar-refractivity contribution in [2.45, 2.75) is 27.7 Å². The first-order valence-electron chi connectivity index (χ1n) is 5.07. The number of carbonyl (C=O) groups is 3. The van der Waals surface area contributed by atoms with Gasteiger partial charge in [-0.3, -0.25) is 0 Å². The van der Waals surface area contributed by atoms with Crippen LogP contribution in [0.25, 0.3) is 0 Å². The second-order valence-corrected chi connectivity index (χ2v) is 3.51. The number of esters is 2. The third kappa shape index (κ3) is 9.08. The van der Waals surface area contributed by atoms with Crippen LogP contribution in [0.4, 0.5) is 0 Å². The van der Waals surface area contributed by atoms with E-state index in [1.165, 1.54) is 13.8 Å². The lowest BCUT2D eigenvalue weighted by atomic mass is 10.3. The molecule has 0 spiro atoms. The zero-order chi connectivity index (χ0) is 14.9. The maximum absolute atomic E-state index is 10.7. The second kappa shape index (κ2) is 8.92. The summed E-state index contributed by atoms with van der Waals surface area (Å²) < 4.78 is 4.30. The molecule has 0 aliphatic carbocycles. The molecule has 0 radical (unpaired) electrons. The van der Waals surface area contributed by atoms with Crippen LogP contribution in [0.1, 0.15) is 27.7 Å². The van der Waals surface area contributed by atoms with Crippen LogP contribution < -0.4 is 0 Å². The first kappa shape index (κ1) is 18.2. The quantitative estimate of drug-likeness (QED) is 0.474. The Morgan fingerprint density at radius 3 is 1.44 bits per heavy atom. The molecule has 0 saturated carbocycles. The molecule has 0 aromatic carbocycles. The standard InChI is InChI=1S/C8H10O3.C5H8O2/c1-5(2)7(9)11-8(10)6(3)4;1-3-4(2)5(6)7/h1,3H2,2,4H3;3H,1-2H3,(H,6,7)/b;4-3+. The Bertz CT molecular complexity index is 378. The van der Waals surface area contributed by atoms with Crippen LogP contribution in [0.3, 0.4) is 0 Å². The summed E-state index contributed by atoms with van der Waals surface area (Å²) in [7, 11) is 0. The van der Waals surface area contributed by atoms with E-state index >= 15 is 0 Å². The van der Waals surface area contributed by atoms with Gasteiger partial charge in [0.1, 0.15) is 0 Å². The molecule has 0 aromatic heterocycles. The molecule has 0 unspecified atom stereocenters. The minimum absolute atomic E-state index is 0.194. The Kier molecular flexibility index (Phi) is 9.02. The minimum atomic E-state index is -0.845. The molecule has 0 heterocycles. The van der Waals surface area contributed by atoms with Gasteiger partial charge >= 0.3 is 17.9 Å². The Morgan fingerprint density at radius 2 is 1.33 bits per heavy atom. The van der Waals surface area contributed by atoms with Crippen LogP contribution in [0.2, 0.25) is 0 Å². The average molecular weight is 254 g/mol. The van der Waals surface area contributed by atoms with Gasteiger partial charge < -0.3 is 9.84 Å². The highest BCUT2D eigenvalue weighted by molar-refractivity contribution is 6.00. The molecular weight excluding hydrogens is 236 g/mol. The summed E-state index contributed by atoms with van der Waals surface area (Å²) in [5.41, 5.74) is 0.777. The number of ether oxygens (including phenoxy) is 1. The summed E-state index contributed by atoms with van der Waals surface area (Å²) in [4.78, 5) is 31.2. The molecule has 5 nitrogen and oxygen atoms in total. The Morgan fingerprint density at radius 1 is 1.00 bits per heavy atom. The molecule has 5 heteroatoms. The SMILES string of the molecule is C/C=C(\C)C(=O)O.C=C(C)C(=O)OC(=O)C(=C)C. The third-order valence-electron chi connectivity index (χ3n) is 1.65. The zero-order valence-electron chi connectivity index (χ0n) is 11.1. The van der Waals surface area contributed by atoms with E-state index < -0.39 is 17.9 Å². The van der Waals surface area contributed by atoms with Crippen LogP contribution >= 0.6 is 0 Å². The number of allylic oxidation sites excluding steroid dienone is 1. The van der Waals surface area contributed by atoms with E-state index in [9.17, 15) is 14.4 Å². The Balaban J connectivity index is 0. The van der Waals surface area contributed by atoms with Crippen molar-refractivity contribution in [1.29, 1.82) is 0 Å². The van der Waals surface area contributed by atoms with Crippen molar-refractivity contribution in [3.8, 4) is 0 Å². The van der Waals surface area contributed by atoms with Gasteiger partial charge in [0, 0.05) is 16.7 Å². The van der Waals surface area contributed by atoms with Gasteiger partial charge in [-0.2, -0.15) is 0 Å². The highest BCUT2D eigenvalue weighted by Gasteiger charge is 2.10. The largest absolute Gasteiger partial charge is 0.478 e. The second-order valence-electron chi connectivity index (χ2n) is 3.51. The normalized spacial score (nSPS) is 9.67. The van der Waals surface area contributed by atoms with Gasteiger partial charge in [0.15, 0.2) is 0 Å². The zero-order valence-corrected chi connectivity index (χ0v) is 11.1. The van der Waals surface area contributed by atoms with Crippen molar-refractivity contribution in [3.63, 3.8) is 0 Å². The van der Waals surface area contributed by atoms with E-state index in [2.05, 4.69) is 17.9 Å². The van der Waals surface area contributed by atoms with Crippen LogP contribution in [-0.2, 0) is 19.1 Å². The van der Waals surface area contributed by atoms with Crippen molar-refractivity contribution in [3.05, 3.63) is 36.0 Å². The van der Waals surface area contributed by atoms with Crippen LogP contribution in [0.5, 0.6) is 0 Å². The van der Waals surface area contributed by atoms with Gasteiger partial charge in [-0.15, -0.1) is 0 Å². The Labute approximate surface area is 106 Å². The number of carbonyl (C=O) groups excluding carboxylic acids is 2. The molecule has 0 aliphatic rings. The number of hydrogen-bond donors (Lipinski definition) is 1. The van der Waals surface area contributed by atoms with Crippen molar-refractivity contribution in [2.75, 3.05) is 0 Å². The lowest BCUT2D eigenvalue weighted by Gasteiger charge is -1.99. The smallest absolute Gasteiger partial charge is 0.340 e. The topological polar surface area (TPSA) is 80.7 Å². The van der Waals surface area contributed by atoms with Gasteiger partial charge in [0.25, 0.3) is 0 Å². The van der Waals surface area contributed by atoms with Crippen molar-refractivity contribution >= 4 is 17.9 Å². The van der Waals surface area contributed by atoms with E-state index in [1.807, 2.05) is 0 Å². The number of rotatable bonds is 3. The minimum Gasteiger partial charge on any atom is -0.478 e. The van der Waals surface area contributed by atoms with Crippen LogP contribution in [0.15, 0.2) is 36.0 Å². The highest BCUT2D eigenvalue weighted by Crippen LogP contribution is 1.97. The lowest BCUT2D eigenvalue weighted by Crippen LogP contribution is -2.12. The van der Waals surface area contributed by atoms with Gasteiger partial charge in [-0.1, -0.05) is 19.2 Å². The van der Waals surface area contributed by atoms with Crippen molar-refractivity contribution < 1.29 is 24.2 Å². The fourth-order valence-corrected chi connectivity index (χ4v) is 0.382. The summed E-state index contributed by atoms with van der Waals surface area (Å²) in [5, 5.41) is 8.11. The molecule has 0 atom stereocenters. The molecule has 0 aliphatic heterocycles. The van der Waals surface area contributed by atoms with Crippen LogP contribution in [-0.4, -0.2) is 23.0 Å². The maximum atomic E-state index is 10.7. The summed E-state index contributed by atoms with van der Waals surface area (Å²) in [5.74, 6) is -2.27. The summed E-state index contributed by atoms with van der Waals surface area (Å²) in [6, 6.07) is 0. The molecule has 18 heavy (non-hydrogen) atoms. The monoisotopic (exact) mass is 254 g/mol. The lowest BCUT2D eigenvalue weighted by molar-refractivity contribution is -0.154. The van der Waals surface area contributed by atoms with Gasteiger partial charge in [-0.25, -0.2) is 14.4 Å². The molecule has 0 fully saturated rings. The summed E-state index contributed by atoms with van der Waals surface area (Å²) in [6.07, 6.45) is 1.56. The molecule has 0 amide bonds. The molecule has 0 bridgehead atoms. The predicted octanol–water partition coefficient (Wildman–Crippen LogP) is 2.25. The third-order valence-corrected chi connectivity index (χ3v) is 1.65. The number of carboxylic acids is 1. The number of carboxylic acid groups (broad SMARTS) is 1. The highest BCUT2D eigenvalue weighted by atomic mass is 16.6. The average Bonchev–Trinajstić information content (AvgIpc) is 2.28. The number of hydrogen-bond acceptors (Lipinski definition) is 4. The van der Waals surface area contributed by atoms with E-state index in [0.29, 0.717) is 5.57 Å².